The van der Waals surface area contributed by atoms with Gasteiger partial charge in [-0.1, -0.05) is 6.07 Å². The van der Waals surface area contributed by atoms with Crippen molar-refractivity contribution in [1.82, 2.24) is 14.2 Å². The van der Waals surface area contributed by atoms with Crippen molar-refractivity contribution in [2.24, 2.45) is 7.05 Å². The van der Waals surface area contributed by atoms with Crippen molar-refractivity contribution in [3.05, 3.63) is 69.8 Å². The summed E-state index contributed by atoms with van der Waals surface area (Å²) in [6.45, 7) is 2.04. The van der Waals surface area contributed by atoms with E-state index < -0.39 is 5.97 Å². The van der Waals surface area contributed by atoms with Crippen LogP contribution in [0.5, 0.6) is 0 Å². The second kappa shape index (κ2) is 6.30. The molecule has 0 saturated heterocycles. The summed E-state index contributed by atoms with van der Waals surface area (Å²) < 4.78 is 8.28. The topological polar surface area (TPSA) is 65.6 Å². The maximum atomic E-state index is 13.0. The van der Waals surface area contributed by atoms with E-state index in [0.29, 0.717) is 5.92 Å². The Labute approximate surface area is 167 Å². The summed E-state index contributed by atoms with van der Waals surface area (Å²) in [6.07, 6.45) is 5.77. The van der Waals surface area contributed by atoms with Crippen molar-refractivity contribution in [2.45, 2.75) is 25.7 Å². The van der Waals surface area contributed by atoms with Crippen LogP contribution in [0.4, 0.5) is 0 Å². The maximum Gasteiger partial charge on any atom is 0.343 e. The fourth-order valence-corrected chi connectivity index (χ4v) is 4.20. The van der Waals surface area contributed by atoms with Gasteiger partial charge in [0.05, 0.1) is 24.3 Å². The highest BCUT2D eigenvalue weighted by atomic mass is 16.5. The summed E-state index contributed by atoms with van der Waals surface area (Å²) >= 11 is 0. The van der Waals surface area contributed by atoms with Gasteiger partial charge in [0.25, 0.3) is 5.56 Å². The van der Waals surface area contributed by atoms with Crippen LogP contribution in [0.15, 0.2) is 47.5 Å². The van der Waals surface area contributed by atoms with Gasteiger partial charge >= 0.3 is 5.97 Å². The highest BCUT2D eigenvalue weighted by Crippen LogP contribution is 2.43. The lowest BCUT2D eigenvalue weighted by Gasteiger charge is -2.16. The number of carbonyl (C=O) groups excluding carboxylic acids is 1. The molecule has 1 aliphatic carbocycles. The fourth-order valence-electron chi connectivity index (χ4n) is 4.20. The average molecular weight is 387 g/mol. The molecule has 1 aliphatic rings. The SMILES string of the molecule is COC(=O)c1cc(C2CC2)c2c(C)c(-c3ccc4c(cnn4C)c3)ccn2c1=O. The number of methoxy groups -OCH3 is 1. The first-order chi connectivity index (χ1) is 14.0. The number of carbonyl (C=O) groups is 1. The Morgan fingerprint density at radius 1 is 1.21 bits per heavy atom. The lowest BCUT2D eigenvalue weighted by atomic mass is 9.96. The van der Waals surface area contributed by atoms with Crippen molar-refractivity contribution < 1.29 is 9.53 Å². The molecule has 6 heteroatoms. The van der Waals surface area contributed by atoms with Crippen molar-refractivity contribution in [2.75, 3.05) is 7.11 Å². The van der Waals surface area contributed by atoms with E-state index in [1.807, 2.05) is 30.9 Å². The molecule has 3 aromatic heterocycles. The number of aromatic nitrogens is 3. The number of pyridine rings is 2. The quantitative estimate of drug-likeness (QED) is 0.501. The molecule has 4 aromatic rings. The maximum absolute atomic E-state index is 13.0. The molecule has 0 unspecified atom stereocenters. The van der Waals surface area contributed by atoms with Gasteiger partial charge in [-0.3, -0.25) is 13.9 Å². The number of benzene rings is 1. The zero-order valence-electron chi connectivity index (χ0n) is 16.6. The van der Waals surface area contributed by atoms with Gasteiger partial charge in [-0.15, -0.1) is 0 Å². The van der Waals surface area contributed by atoms with Gasteiger partial charge in [-0.2, -0.15) is 5.10 Å². The first kappa shape index (κ1) is 17.7. The smallest absolute Gasteiger partial charge is 0.343 e. The van der Waals surface area contributed by atoms with Crippen LogP contribution in [0.25, 0.3) is 27.5 Å². The lowest BCUT2D eigenvalue weighted by Crippen LogP contribution is -2.24. The average Bonchev–Trinajstić information content (AvgIpc) is 3.51. The van der Waals surface area contributed by atoms with Crippen molar-refractivity contribution in [1.29, 1.82) is 0 Å². The summed E-state index contributed by atoms with van der Waals surface area (Å²) in [6, 6.07) is 9.95. The molecule has 0 atom stereocenters. The zero-order chi connectivity index (χ0) is 20.3. The van der Waals surface area contributed by atoms with Crippen molar-refractivity contribution >= 4 is 22.4 Å². The van der Waals surface area contributed by atoms with Gasteiger partial charge in [0.15, 0.2) is 0 Å². The normalized spacial score (nSPS) is 13.9. The molecule has 1 saturated carbocycles. The van der Waals surface area contributed by atoms with Crippen LogP contribution >= 0.6 is 0 Å². The molecule has 0 bridgehead atoms. The Morgan fingerprint density at radius 3 is 2.72 bits per heavy atom. The Hall–Kier alpha value is -3.41. The number of esters is 1. The third kappa shape index (κ3) is 2.67. The second-order valence-corrected chi connectivity index (χ2v) is 7.70. The standard InChI is InChI=1S/C23H21N3O3/c1-13-17(15-6-7-20-16(10-15)12-24-25(20)2)8-9-26-21(13)18(14-4-5-14)11-19(22(26)27)23(28)29-3/h6-12,14H,4-5H2,1-3H3. The molecular formula is C23H21N3O3. The van der Waals surface area contributed by atoms with Gasteiger partial charge in [0.1, 0.15) is 5.56 Å². The van der Waals surface area contributed by atoms with E-state index in [-0.39, 0.29) is 11.1 Å². The third-order valence-corrected chi connectivity index (χ3v) is 5.89. The Bertz CT molecular complexity index is 1360. The van der Waals surface area contributed by atoms with Crippen LogP contribution in [0.2, 0.25) is 0 Å². The molecule has 29 heavy (non-hydrogen) atoms. The highest BCUT2D eigenvalue weighted by Gasteiger charge is 2.29. The molecule has 3 heterocycles. The van der Waals surface area contributed by atoms with Gasteiger partial charge < -0.3 is 4.74 Å². The third-order valence-electron chi connectivity index (χ3n) is 5.89. The minimum Gasteiger partial charge on any atom is -0.465 e. The van der Waals surface area contributed by atoms with Gasteiger partial charge in [0.2, 0.25) is 0 Å². The van der Waals surface area contributed by atoms with E-state index in [0.717, 1.165) is 51.5 Å². The Balaban J connectivity index is 1.78. The number of rotatable bonds is 3. The molecule has 146 valence electrons. The summed E-state index contributed by atoms with van der Waals surface area (Å²) in [5.41, 5.74) is 5.96. The van der Waals surface area contributed by atoms with Crippen LogP contribution in [-0.4, -0.2) is 27.3 Å². The molecule has 0 radical (unpaired) electrons. The van der Waals surface area contributed by atoms with E-state index >= 15 is 0 Å². The number of aryl methyl sites for hydroxylation is 2. The minimum absolute atomic E-state index is 0.0934. The number of hydrogen-bond donors (Lipinski definition) is 0. The van der Waals surface area contributed by atoms with Crippen LogP contribution < -0.4 is 5.56 Å². The van der Waals surface area contributed by atoms with Gasteiger partial charge in [-0.05, 0) is 72.2 Å². The number of fused-ring (bicyclic) bond motifs is 2. The lowest BCUT2D eigenvalue weighted by molar-refractivity contribution is 0.0598. The van der Waals surface area contributed by atoms with Crippen LogP contribution in [0.3, 0.4) is 0 Å². The first-order valence-corrected chi connectivity index (χ1v) is 9.69. The van der Waals surface area contributed by atoms with Crippen molar-refractivity contribution in [3.63, 3.8) is 0 Å². The minimum atomic E-state index is -0.588. The molecule has 0 aliphatic heterocycles. The van der Waals surface area contributed by atoms with Crippen LogP contribution in [-0.2, 0) is 11.8 Å². The molecule has 0 amide bonds. The molecule has 6 nitrogen and oxygen atoms in total. The summed E-state index contributed by atoms with van der Waals surface area (Å²) in [5, 5.41) is 5.40. The molecule has 1 aromatic carbocycles. The van der Waals surface area contributed by atoms with E-state index in [1.165, 1.54) is 7.11 Å². The zero-order valence-corrected chi connectivity index (χ0v) is 16.6. The fraction of sp³-hybridized carbons (Fsp3) is 0.261. The Kier molecular flexibility index (Phi) is 3.84. The van der Waals surface area contributed by atoms with E-state index in [9.17, 15) is 9.59 Å². The first-order valence-electron chi connectivity index (χ1n) is 9.69. The largest absolute Gasteiger partial charge is 0.465 e. The van der Waals surface area contributed by atoms with Crippen LogP contribution in [0.1, 0.15) is 40.2 Å². The summed E-state index contributed by atoms with van der Waals surface area (Å²) in [5.74, 6) is -0.209. The van der Waals surface area contributed by atoms with Gasteiger partial charge in [-0.25, -0.2) is 4.79 Å². The predicted molar refractivity (Wildman–Crippen MR) is 111 cm³/mol. The van der Waals surface area contributed by atoms with E-state index in [2.05, 4.69) is 23.3 Å². The summed E-state index contributed by atoms with van der Waals surface area (Å²) in [7, 11) is 3.23. The summed E-state index contributed by atoms with van der Waals surface area (Å²) in [4.78, 5) is 25.1. The van der Waals surface area contributed by atoms with Crippen molar-refractivity contribution in [3.8, 4) is 11.1 Å². The molecule has 0 N–H and O–H groups in total. The molecule has 5 rings (SSSR count). The molecule has 0 spiro atoms. The molecule has 1 fully saturated rings. The van der Waals surface area contributed by atoms with Crippen LogP contribution in [0, 0.1) is 6.92 Å². The molecular weight excluding hydrogens is 366 g/mol. The van der Waals surface area contributed by atoms with Gasteiger partial charge in [0, 0.05) is 18.6 Å². The number of ether oxygens (including phenoxy) is 1. The highest BCUT2D eigenvalue weighted by molar-refractivity contribution is 5.91. The number of hydrogen-bond acceptors (Lipinski definition) is 4. The monoisotopic (exact) mass is 387 g/mol. The second-order valence-electron chi connectivity index (χ2n) is 7.70. The predicted octanol–water partition coefficient (Wildman–Crippen LogP) is 3.83. The Morgan fingerprint density at radius 2 is 2.00 bits per heavy atom. The van der Waals surface area contributed by atoms with E-state index in [4.69, 9.17) is 4.74 Å². The number of nitrogens with zero attached hydrogens (tertiary/aromatic N) is 3. The van der Waals surface area contributed by atoms with E-state index in [1.54, 1.807) is 16.7 Å².